The molecular weight excluding hydrogens is 270 g/mol. The Kier molecular flexibility index (Phi) is 3.83. The smallest absolute Gasteiger partial charge is 0.184 e. The second-order valence-corrected chi connectivity index (χ2v) is 5.18. The third-order valence-electron chi connectivity index (χ3n) is 1.26. The van der Waals surface area contributed by atoms with Gasteiger partial charge in [-0.15, -0.1) is 11.3 Å². The minimum Gasteiger partial charge on any atom is -0.375 e. The van der Waals surface area contributed by atoms with Crippen molar-refractivity contribution in [1.82, 2.24) is 5.43 Å². The van der Waals surface area contributed by atoms with Gasteiger partial charge >= 0.3 is 0 Å². The van der Waals surface area contributed by atoms with E-state index in [0.717, 1.165) is 14.4 Å². The van der Waals surface area contributed by atoms with Crippen molar-refractivity contribution in [3.63, 3.8) is 0 Å². The van der Waals surface area contributed by atoms with Gasteiger partial charge < -0.3 is 5.73 Å². The average Bonchev–Trinajstić information content (AvgIpc) is 2.47. The van der Waals surface area contributed by atoms with Crippen LogP contribution in [0, 0.1) is 0 Å². The minimum atomic E-state index is 0.176. The van der Waals surface area contributed by atoms with Gasteiger partial charge in [-0.25, -0.2) is 0 Å². The molecule has 3 nitrogen and oxygen atoms in total. The largest absolute Gasteiger partial charge is 0.375 e. The summed E-state index contributed by atoms with van der Waals surface area (Å²) in [6.07, 6.45) is 0. The van der Waals surface area contributed by atoms with Crippen molar-refractivity contribution >= 4 is 50.3 Å². The standard InChI is InChI=1S/C7H8BrN3S2/c1-4(10-11-7(9)12)5-2-3-6(8)13-5/h2-3H,1H3,(H3,9,11,12). The normalized spacial score (nSPS) is 11.4. The molecule has 1 rings (SSSR count). The molecule has 0 unspecified atom stereocenters. The first-order valence-electron chi connectivity index (χ1n) is 3.45. The van der Waals surface area contributed by atoms with Crippen molar-refractivity contribution in [2.24, 2.45) is 10.8 Å². The molecule has 70 valence electrons. The predicted octanol–water partition coefficient (Wildman–Crippen LogP) is 2.07. The van der Waals surface area contributed by atoms with Gasteiger partial charge in [-0.1, -0.05) is 0 Å². The topological polar surface area (TPSA) is 50.4 Å². The van der Waals surface area contributed by atoms with Crippen LogP contribution in [0.15, 0.2) is 21.0 Å². The van der Waals surface area contributed by atoms with Crippen LogP contribution in [0.1, 0.15) is 11.8 Å². The molecule has 0 fully saturated rings. The van der Waals surface area contributed by atoms with E-state index in [0.29, 0.717) is 0 Å². The Morgan fingerprint density at radius 1 is 1.69 bits per heavy atom. The number of hydrogen-bond acceptors (Lipinski definition) is 3. The van der Waals surface area contributed by atoms with E-state index >= 15 is 0 Å². The highest BCUT2D eigenvalue weighted by molar-refractivity contribution is 9.11. The monoisotopic (exact) mass is 277 g/mol. The maximum absolute atomic E-state index is 5.23. The lowest BCUT2D eigenvalue weighted by Gasteiger charge is -1.97. The van der Waals surface area contributed by atoms with Gasteiger partial charge in [0.15, 0.2) is 5.11 Å². The van der Waals surface area contributed by atoms with Gasteiger partial charge in [-0.2, -0.15) is 5.10 Å². The van der Waals surface area contributed by atoms with Crippen LogP contribution in [0.25, 0.3) is 0 Å². The van der Waals surface area contributed by atoms with Gasteiger partial charge in [0.05, 0.1) is 14.4 Å². The molecule has 6 heteroatoms. The molecule has 3 N–H and O–H groups in total. The summed E-state index contributed by atoms with van der Waals surface area (Å²) in [5.74, 6) is 0. The third-order valence-corrected chi connectivity index (χ3v) is 3.09. The molecule has 1 heterocycles. The van der Waals surface area contributed by atoms with Crippen LogP contribution < -0.4 is 11.2 Å². The van der Waals surface area contributed by atoms with Crippen molar-refractivity contribution in [1.29, 1.82) is 0 Å². The lowest BCUT2D eigenvalue weighted by molar-refractivity contribution is 1.03. The first-order chi connectivity index (χ1) is 6.09. The van der Waals surface area contributed by atoms with Crippen LogP contribution >= 0.6 is 39.5 Å². The number of nitrogens with two attached hydrogens (primary N) is 1. The second-order valence-electron chi connectivity index (χ2n) is 2.28. The number of rotatable bonds is 2. The van der Waals surface area contributed by atoms with E-state index in [2.05, 4.69) is 38.7 Å². The van der Waals surface area contributed by atoms with Crippen LogP contribution in [-0.4, -0.2) is 10.8 Å². The number of nitrogens with one attached hydrogen (secondary N) is 1. The molecule has 0 amide bonds. The highest BCUT2D eigenvalue weighted by Gasteiger charge is 2.00. The van der Waals surface area contributed by atoms with E-state index in [1.807, 2.05) is 19.1 Å². The van der Waals surface area contributed by atoms with Crippen LogP contribution in [0.3, 0.4) is 0 Å². The lowest BCUT2D eigenvalue weighted by atomic mass is 10.3. The molecule has 0 radical (unpaired) electrons. The first-order valence-corrected chi connectivity index (χ1v) is 5.47. The Hall–Kier alpha value is -0.460. The fraction of sp³-hybridized carbons (Fsp3) is 0.143. The summed E-state index contributed by atoms with van der Waals surface area (Å²) < 4.78 is 1.08. The van der Waals surface area contributed by atoms with E-state index in [1.54, 1.807) is 11.3 Å². The molecule has 0 bridgehead atoms. The van der Waals surface area contributed by atoms with Crippen LogP contribution in [-0.2, 0) is 0 Å². The van der Waals surface area contributed by atoms with Crippen molar-refractivity contribution < 1.29 is 0 Å². The minimum absolute atomic E-state index is 0.176. The number of thiophene rings is 1. The Labute approximate surface area is 94.1 Å². The molecule has 1 aromatic rings. The summed E-state index contributed by atoms with van der Waals surface area (Å²) in [5.41, 5.74) is 8.64. The number of thiocarbonyl (C=S) groups is 1. The second kappa shape index (κ2) is 4.69. The zero-order chi connectivity index (χ0) is 9.84. The lowest BCUT2D eigenvalue weighted by Crippen LogP contribution is -2.25. The number of nitrogens with zero attached hydrogens (tertiary/aromatic N) is 1. The fourth-order valence-electron chi connectivity index (χ4n) is 0.703. The molecule has 0 atom stereocenters. The van der Waals surface area contributed by atoms with Gasteiger partial charge in [0.1, 0.15) is 0 Å². The quantitative estimate of drug-likeness (QED) is 0.494. The van der Waals surface area contributed by atoms with E-state index < -0.39 is 0 Å². The summed E-state index contributed by atoms with van der Waals surface area (Å²) in [7, 11) is 0. The fourth-order valence-corrected chi connectivity index (χ4v) is 2.08. The van der Waals surface area contributed by atoms with E-state index in [9.17, 15) is 0 Å². The summed E-state index contributed by atoms with van der Waals surface area (Å²) in [5, 5.41) is 4.17. The van der Waals surface area contributed by atoms with E-state index in [4.69, 9.17) is 5.73 Å². The highest BCUT2D eigenvalue weighted by atomic mass is 79.9. The number of hydrazone groups is 1. The average molecular weight is 278 g/mol. The summed E-state index contributed by atoms with van der Waals surface area (Å²) in [4.78, 5) is 1.08. The predicted molar refractivity (Wildman–Crippen MR) is 64.2 cm³/mol. The van der Waals surface area contributed by atoms with Crippen LogP contribution in [0.2, 0.25) is 0 Å². The summed E-state index contributed by atoms with van der Waals surface area (Å²) in [6, 6.07) is 3.95. The molecule has 0 saturated carbocycles. The van der Waals surface area contributed by atoms with Gasteiger partial charge in [-0.3, -0.25) is 5.43 Å². The summed E-state index contributed by atoms with van der Waals surface area (Å²) >= 11 is 9.61. The van der Waals surface area contributed by atoms with Gasteiger partial charge in [-0.05, 0) is 47.2 Å². The van der Waals surface area contributed by atoms with Crippen LogP contribution in [0.5, 0.6) is 0 Å². The molecule has 0 aromatic carbocycles. The van der Waals surface area contributed by atoms with Crippen molar-refractivity contribution in [3.05, 3.63) is 20.8 Å². The maximum Gasteiger partial charge on any atom is 0.184 e. The Morgan fingerprint density at radius 2 is 2.38 bits per heavy atom. The van der Waals surface area contributed by atoms with Gasteiger partial charge in [0, 0.05) is 0 Å². The molecule has 0 aliphatic rings. The van der Waals surface area contributed by atoms with Gasteiger partial charge in [0.2, 0.25) is 0 Å². The van der Waals surface area contributed by atoms with Crippen molar-refractivity contribution in [2.75, 3.05) is 0 Å². The highest BCUT2D eigenvalue weighted by Crippen LogP contribution is 2.22. The molecule has 0 saturated heterocycles. The van der Waals surface area contributed by atoms with E-state index in [-0.39, 0.29) is 5.11 Å². The Morgan fingerprint density at radius 3 is 2.85 bits per heavy atom. The van der Waals surface area contributed by atoms with Crippen LogP contribution in [0.4, 0.5) is 0 Å². The molecule has 0 aliphatic heterocycles. The zero-order valence-corrected chi connectivity index (χ0v) is 10.1. The Balaban J connectivity index is 2.72. The molecular formula is C7H8BrN3S2. The number of hydrogen-bond donors (Lipinski definition) is 2. The molecule has 0 spiro atoms. The van der Waals surface area contributed by atoms with E-state index in [1.165, 1.54) is 0 Å². The maximum atomic E-state index is 5.23. The molecule has 13 heavy (non-hydrogen) atoms. The van der Waals surface area contributed by atoms with Gasteiger partial charge in [0.25, 0.3) is 0 Å². The number of halogens is 1. The molecule has 1 aromatic heterocycles. The third kappa shape index (κ3) is 3.41. The van der Waals surface area contributed by atoms with Crippen molar-refractivity contribution in [2.45, 2.75) is 6.92 Å². The SMILES string of the molecule is CC(=NNC(N)=S)c1ccc(Br)s1. The zero-order valence-electron chi connectivity index (χ0n) is 6.87. The Bertz CT molecular complexity index is 345. The van der Waals surface area contributed by atoms with Crippen molar-refractivity contribution in [3.8, 4) is 0 Å². The first kappa shape index (κ1) is 10.6. The molecule has 0 aliphatic carbocycles. The summed E-state index contributed by atoms with van der Waals surface area (Å²) in [6.45, 7) is 1.89.